The van der Waals surface area contributed by atoms with E-state index >= 15 is 0 Å². The third kappa shape index (κ3) is 4.33. The van der Waals surface area contributed by atoms with Crippen LogP contribution in [0.3, 0.4) is 0 Å². The van der Waals surface area contributed by atoms with Gasteiger partial charge in [-0.1, -0.05) is 6.07 Å². The van der Waals surface area contributed by atoms with Crippen LogP contribution in [0.5, 0.6) is 0 Å². The first-order valence-electron chi connectivity index (χ1n) is 9.71. The fourth-order valence-electron chi connectivity index (χ4n) is 3.50. The number of carbonyl (C=O) groups is 1. The maximum absolute atomic E-state index is 13.1. The lowest BCUT2D eigenvalue weighted by Gasteiger charge is -2.17. The van der Waals surface area contributed by atoms with Gasteiger partial charge in [-0.05, 0) is 55.8 Å². The molecule has 2 aromatic carbocycles. The van der Waals surface area contributed by atoms with Gasteiger partial charge in [0.15, 0.2) is 0 Å². The highest BCUT2D eigenvalue weighted by atomic mass is 32.2. The van der Waals surface area contributed by atoms with E-state index in [1.54, 1.807) is 25.1 Å². The number of aromatic nitrogens is 2. The number of alkyl halides is 3. The van der Waals surface area contributed by atoms with Crippen molar-refractivity contribution >= 4 is 27.4 Å². The van der Waals surface area contributed by atoms with Crippen molar-refractivity contribution in [2.75, 3.05) is 21.9 Å². The molecule has 1 saturated heterocycles. The number of aryl methyl sites for hydroxylation is 1. The Morgan fingerprint density at radius 2 is 1.78 bits per heavy atom. The van der Waals surface area contributed by atoms with E-state index in [1.807, 2.05) is 0 Å². The number of amides is 1. The standard InChI is InChI=1S/C21H19F3N4O3S/c1-14-12-19(28(26-14)18-5-2-4-16(13-18)21(22,23)24)25-20(29)15-6-8-17(9-7-15)27-10-3-11-32(27,30)31/h2,4-9,12-13H,3,10-11H2,1H3,(H,25,29). The average molecular weight is 464 g/mol. The van der Waals surface area contributed by atoms with Gasteiger partial charge >= 0.3 is 6.18 Å². The SMILES string of the molecule is Cc1cc(NC(=O)c2ccc(N3CCCS3(=O)=O)cc2)n(-c2cccc(C(F)(F)F)c2)n1. The summed E-state index contributed by atoms with van der Waals surface area (Å²) < 4.78 is 65.9. The van der Waals surface area contributed by atoms with Gasteiger partial charge in [0.1, 0.15) is 5.82 Å². The van der Waals surface area contributed by atoms with E-state index in [2.05, 4.69) is 10.4 Å². The van der Waals surface area contributed by atoms with Gasteiger partial charge in [-0.3, -0.25) is 9.10 Å². The van der Waals surface area contributed by atoms with Crippen LogP contribution in [0.2, 0.25) is 0 Å². The van der Waals surface area contributed by atoms with E-state index in [9.17, 15) is 26.4 Å². The van der Waals surface area contributed by atoms with Crippen LogP contribution in [0.25, 0.3) is 5.69 Å². The molecule has 4 rings (SSSR count). The Balaban J connectivity index is 1.57. The molecule has 0 aliphatic carbocycles. The van der Waals surface area contributed by atoms with Gasteiger partial charge in [0.25, 0.3) is 5.91 Å². The Bertz CT molecular complexity index is 1270. The van der Waals surface area contributed by atoms with E-state index in [0.29, 0.717) is 24.3 Å². The van der Waals surface area contributed by atoms with E-state index in [1.165, 1.54) is 33.3 Å². The summed E-state index contributed by atoms with van der Waals surface area (Å²) in [6.45, 7) is 2.05. The first-order chi connectivity index (χ1) is 15.0. The molecule has 0 unspecified atom stereocenters. The summed E-state index contributed by atoms with van der Waals surface area (Å²) in [7, 11) is -3.33. The molecule has 0 bridgehead atoms. The summed E-state index contributed by atoms with van der Waals surface area (Å²) in [4.78, 5) is 12.7. The molecule has 0 atom stereocenters. The first-order valence-corrected chi connectivity index (χ1v) is 11.3. The van der Waals surface area contributed by atoms with Crippen molar-refractivity contribution in [3.8, 4) is 5.69 Å². The number of carbonyl (C=O) groups excluding carboxylic acids is 1. The largest absolute Gasteiger partial charge is 0.416 e. The van der Waals surface area contributed by atoms with Crippen LogP contribution in [0.15, 0.2) is 54.6 Å². The number of halogens is 3. The van der Waals surface area contributed by atoms with Gasteiger partial charge in [0, 0.05) is 18.2 Å². The minimum atomic E-state index is -4.51. The predicted molar refractivity (Wildman–Crippen MR) is 113 cm³/mol. The zero-order chi connectivity index (χ0) is 23.1. The Morgan fingerprint density at radius 1 is 1.06 bits per heavy atom. The van der Waals surface area contributed by atoms with E-state index < -0.39 is 27.7 Å². The summed E-state index contributed by atoms with van der Waals surface area (Å²) in [5, 5.41) is 6.85. The van der Waals surface area contributed by atoms with Crippen molar-refractivity contribution in [1.82, 2.24) is 9.78 Å². The summed E-state index contributed by atoms with van der Waals surface area (Å²) in [5.41, 5.74) is 0.571. The zero-order valence-corrected chi connectivity index (χ0v) is 17.7. The molecule has 1 fully saturated rings. The second-order valence-electron chi connectivity index (χ2n) is 7.37. The minimum Gasteiger partial charge on any atom is -0.306 e. The summed E-state index contributed by atoms with van der Waals surface area (Å²) in [6.07, 6.45) is -3.96. The second-order valence-corrected chi connectivity index (χ2v) is 9.39. The van der Waals surface area contributed by atoms with Gasteiger partial charge in [-0.2, -0.15) is 18.3 Å². The molecule has 1 aromatic heterocycles. The lowest BCUT2D eigenvalue weighted by molar-refractivity contribution is -0.137. The molecule has 7 nitrogen and oxygen atoms in total. The van der Waals surface area contributed by atoms with Crippen molar-refractivity contribution in [3.63, 3.8) is 0 Å². The fourth-order valence-corrected chi connectivity index (χ4v) is 5.06. The van der Waals surface area contributed by atoms with Crippen molar-refractivity contribution in [3.05, 3.63) is 71.4 Å². The topological polar surface area (TPSA) is 84.3 Å². The molecular weight excluding hydrogens is 445 g/mol. The number of hydrogen-bond donors (Lipinski definition) is 1. The highest BCUT2D eigenvalue weighted by Gasteiger charge is 2.31. The molecule has 0 radical (unpaired) electrons. The third-order valence-electron chi connectivity index (χ3n) is 5.01. The molecule has 0 saturated carbocycles. The van der Waals surface area contributed by atoms with E-state index in [0.717, 1.165) is 12.1 Å². The maximum atomic E-state index is 13.1. The van der Waals surface area contributed by atoms with Crippen LogP contribution >= 0.6 is 0 Å². The van der Waals surface area contributed by atoms with Gasteiger partial charge in [-0.25, -0.2) is 13.1 Å². The molecule has 0 spiro atoms. The van der Waals surface area contributed by atoms with Gasteiger partial charge in [0.2, 0.25) is 10.0 Å². The van der Waals surface area contributed by atoms with Crippen LogP contribution in [-0.4, -0.2) is 36.4 Å². The van der Waals surface area contributed by atoms with Crippen molar-refractivity contribution in [1.29, 1.82) is 0 Å². The number of nitrogens with one attached hydrogen (secondary N) is 1. The summed E-state index contributed by atoms with van der Waals surface area (Å²) in [6, 6.07) is 12.3. The highest BCUT2D eigenvalue weighted by Crippen LogP contribution is 2.31. The molecule has 1 N–H and O–H groups in total. The number of benzene rings is 2. The quantitative estimate of drug-likeness (QED) is 0.633. The summed E-state index contributed by atoms with van der Waals surface area (Å²) >= 11 is 0. The van der Waals surface area contributed by atoms with Gasteiger partial charge in [0.05, 0.1) is 28.4 Å². The second kappa shape index (κ2) is 7.97. The van der Waals surface area contributed by atoms with E-state index in [4.69, 9.17) is 0 Å². The Morgan fingerprint density at radius 3 is 2.41 bits per heavy atom. The lowest BCUT2D eigenvalue weighted by atomic mass is 10.2. The Kier molecular flexibility index (Phi) is 5.45. The van der Waals surface area contributed by atoms with Crippen LogP contribution < -0.4 is 9.62 Å². The smallest absolute Gasteiger partial charge is 0.306 e. The molecule has 1 aliphatic heterocycles. The molecule has 3 aromatic rings. The summed E-state index contributed by atoms with van der Waals surface area (Å²) in [5.74, 6) is -0.208. The van der Waals surface area contributed by atoms with Crippen LogP contribution in [0, 0.1) is 6.92 Å². The fraction of sp³-hybridized carbons (Fsp3) is 0.238. The average Bonchev–Trinajstić information content (AvgIpc) is 3.28. The highest BCUT2D eigenvalue weighted by molar-refractivity contribution is 7.93. The lowest BCUT2D eigenvalue weighted by Crippen LogP contribution is -2.25. The van der Waals surface area contributed by atoms with Gasteiger partial charge in [-0.15, -0.1) is 0 Å². The normalized spacial score (nSPS) is 15.7. The predicted octanol–water partition coefficient (Wildman–Crippen LogP) is 3.99. The third-order valence-corrected chi connectivity index (χ3v) is 6.88. The van der Waals surface area contributed by atoms with Crippen LogP contribution in [0.1, 0.15) is 28.0 Å². The Hall–Kier alpha value is -3.34. The maximum Gasteiger partial charge on any atom is 0.416 e. The number of nitrogens with zero attached hydrogens (tertiary/aromatic N) is 3. The number of hydrogen-bond acceptors (Lipinski definition) is 4. The van der Waals surface area contributed by atoms with Crippen LogP contribution in [-0.2, 0) is 16.2 Å². The number of rotatable bonds is 4. The molecule has 1 aliphatic rings. The molecule has 32 heavy (non-hydrogen) atoms. The first kappa shape index (κ1) is 21.9. The van der Waals surface area contributed by atoms with Crippen LogP contribution in [0.4, 0.5) is 24.7 Å². The number of anilines is 2. The minimum absolute atomic E-state index is 0.0914. The van der Waals surface area contributed by atoms with E-state index in [-0.39, 0.29) is 22.8 Å². The molecule has 1 amide bonds. The van der Waals surface area contributed by atoms with Gasteiger partial charge < -0.3 is 5.32 Å². The molecular formula is C21H19F3N4O3S. The zero-order valence-electron chi connectivity index (χ0n) is 16.9. The van der Waals surface area contributed by atoms with Crippen molar-refractivity contribution in [2.45, 2.75) is 19.5 Å². The van der Waals surface area contributed by atoms with Crippen molar-refractivity contribution in [2.24, 2.45) is 0 Å². The number of sulfonamides is 1. The molecule has 168 valence electrons. The Labute approximate surface area is 182 Å². The molecule has 2 heterocycles. The monoisotopic (exact) mass is 464 g/mol. The van der Waals surface area contributed by atoms with Crippen molar-refractivity contribution < 1.29 is 26.4 Å². The molecule has 11 heteroatoms.